The van der Waals surface area contributed by atoms with E-state index in [1.807, 2.05) is 41.5 Å². The molecule has 1 aromatic carbocycles. The first kappa shape index (κ1) is 20.2. The number of rotatable bonds is 3. The standard InChI is InChI=1S/C23H27N5O2S/c1-15-21(31-16(2)25-15)23(30)27-11-9-26(10-12-27)18-7-8-19-20(13-18)24-14-28(22(19)29)17-5-3-4-6-17/h7-8,13-14,17H,3-6,9-12H2,1-2H3. The first-order chi connectivity index (χ1) is 15.0. The first-order valence-corrected chi connectivity index (χ1v) is 11.8. The van der Waals surface area contributed by atoms with Gasteiger partial charge in [0.15, 0.2) is 0 Å². The van der Waals surface area contributed by atoms with Gasteiger partial charge in [-0.3, -0.25) is 14.2 Å². The minimum Gasteiger partial charge on any atom is -0.368 e. The smallest absolute Gasteiger partial charge is 0.265 e. The number of hydrogen-bond acceptors (Lipinski definition) is 6. The van der Waals surface area contributed by atoms with Crippen LogP contribution in [0.25, 0.3) is 10.9 Å². The number of aromatic nitrogens is 3. The van der Waals surface area contributed by atoms with Gasteiger partial charge in [-0.1, -0.05) is 12.8 Å². The highest BCUT2D eigenvalue weighted by Crippen LogP contribution is 2.29. The van der Waals surface area contributed by atoms with Gasteiger partial charge in [-0.15, -0.1) is 11.3 Å². The van der Waals surface area contributed by atoms with Crippen molar-refractivity contribution in [3.8, 4) is 0 Å². The maximum absolute atomic E-state index is 12.9. The largest absolute Gasteiger partial charge is 0.368 e. The molecule has 0 radical (unpaired) electrons. The van der Waals surface area contributed by atoms with Crippen LogP contribution in [0.2, 0.25) is 0 Å². The summed E-state index contributed by atoms with van der Waals surface area (Å²) in [5.74, 6) is 0.0791. The molecule has 0 bridgehead atoms. The summed E-state index contributed by atoms with van der Waals surface area (Å²) >= 11 is 1.47. The highest BCUT2D eigenvalue weighted by atomic mass is 32.1. The summed E-state index contributed by atoms with van der Waals surface area (Å²) in [6, 6.07) is 6.22. The number of fused-ring (bicyclic) bond motifs is 1. The Bertz CT molecular complexity index is 1190. The van der Waals surface area contributed by atoms with Gasteiger partial charge in [-0.2, -0.15) is 0 Å². The summed E-state index contributed by atoms with van der Waals surface area (Å²) in [6.07, 6.45) is 6.22. The van der Waals surface area contributed by atoms with Crippen molar-refractivity contribution in [3.63, 3.8) is 0 Å². The minimum atomic E-state index is 0.0640. The van der Waals surface area contributed by atoms with Gasteiger partial charge < -0.3 is 9.80 Å². The molecule has 2 aliphatic rings. The van der Waals surface area contributed by atoms with Gasteiger partial charge in [0.05, 0.1) is 27.9 Å². The molecule has 0 unspecified atom stereocenters. The van der Waals surface area contributed by atoms with Crippen LogP contribution in [0.15, 0.2) is 29.3 Å². The minimum absolute atomic E-state index is 0.0640. The number of thiazole rings is 1. The fourth-order valence-corrected chi connectivity index (χ4v) is 5.69. The van der Waals surface area contributed by atoms with Gasteiger partial charge in [0.1, 0.15) is 4.88 Å². The number of aryl methyl sites for hydroxylation is 2. The van der Waals surface area contributed by atoms with Crippen molar-refractivity contribution in [1.29, 1.82) is 0 Å². The summed E-state index contributed by atoms with van der Waals surface area (Å²) < 4.78 is 1.82. The molecule has 5 rings (SSSR count). The molecule has 0 spiro atoms. The molecular formula is C23H27N5O2S. The summed E-state index contributed by atoms with van der Waals surface area (Å²) in [5.41, 5.74) is 2.67. The highest BCUT2D eigenvalue weighted by Gasteiger charge is 2.25. The van der Waals surface area contributed by atoms with Crippen LogP contribution in [0.5, 0.6) is 0 Å². The number of amides is 1. The normalized spacial score (nSPS) is 17.6. The zero-order valence-corrected chi connectivity index (χ0v) is 18.8. The van der Waals surface area contributed by atoms with E-state index in [2.05, 4.69) is 14.9 Å². The number of benzene rings is 1. The molecule has 0 N–H and O–H groups in total. The Kier molecular flexibility index (Phi) is 5.25. The molecule has 2 fully saturated rings. The SMILES string of the molecule is Cc1nc(C)c(C(=O)N2CCN(c3ccc4c(=O)n(C5CCCC5)cnc4c3)CC2)s1. The van der Waals surface area contributed by atoms with E-state index in [-0.39, 0.29) is 11.5 Å². The summed E-state index contributed by atoms with van der Waals surface area (Å²) in [7, 11) is 0. The lowest BCUT2D eigenvalue weighted by molar-refractivity contribution is 0.0750. The highest BCUT2D eigenvalue weighted by molar-refractivity contribution is 7.13. The number of carbonyl (C=O) groups is 1. The van der Waals surface area contributed by atoms with Crippen molar-refractivity contribution in [3.05, 3.63) is 50.5 Å². The van der Waals surface area contributed by atoms with E-state index in [9.17, 15) is 9.59 Å². The molecule has 1 aliphatic carbocycles. The van der Waals surface area contributed by atoms with E-state index in [0.29, 0.717) is 24.5 Å². The Hall–Kier alpha value is -2.74. The van der Waals surface area contributed by atoms with Crippen molar-refractivity contribution in [2.75, 3.05) is 31.1 Å². The first-order valence-electron chi connectivity index (χ1n) is 11.0. The zero-order chi connectivity index (χ0) is 21.5. The van der Waals surface area contributed by atoms with Crippen LogP contribution in [0.3, 0.4) is 0 Å². The topological polar surface area (TPSA) is 71.3 Å². The molecule has 1 saturated heterocycles. The van der Waals surface area contributed by atoms with Crippen LogP contribution >= 0.6 is 11.3 Å². The van der Waals surface area contributed by atoms with E-state index in [4.69, 9.17) is 0 Å². The van der Waals surface area contributed by atoms with Crippen LogP contribution in [0, 0.1) is 13.8 Å². The van der Waals surface area contributed by atoms with E-state index in [1.165, 1.54) is 24.2 Å². The van der Waals surface area contributed by atoms with Crippen LogP contribution in [-0.4, -0.2) is 51.5 Å². The van der Waals surface area contributed by atoms with Crippen molar-refractivity contribution < 1.29 is 4.79 Å². The van der Waals surface area contributed by atoms with E-state index < -0.39 is 0 Å². The number of nitrogens with zero attached hydrogens (tertiary/aromatic N) is 5. The molecular weight excluding hydrogens is 410 g/mol. The van der Waals surface area contributed by atoms with Gasteiger partial charge in [0, 0.05) is 37.9 Å². The van der Waals surface area contributed by atoms with E-state index in [0.717, 1.165) is 52.7 Å². The average Bonchev–Trinajstić information content (AvgIpc) is 3.43. The molecule has 7 nitrogen and oxygen atoms in total. The molecule has 3 aromatic rings. The molecule has 1 aliphatic heterocycles. The van der Waals surface area contributed by atoms with Crippen molar-refractivity contribution >= 4 is 33.8 Å². The van der Waals surface area contributed by atoms with Gasteiger partial charge in [0.25, 0.3) is 11.5 Å². The molecule has 0 atom stereocenters. The second-order valence-corrected chi connectivity index (χ2v) is 9.73. The maximum Gasteiger partial charge on any atom is 0.265 e. The molecule has 8 heteroatoms. The van der Waals surface area contributed by atoms with Gasteiger partial charge in [-0.25, -0.2) is 9.97 Å². The van der Waals surface area contributed by atoms with Crippen molar-refractivity contribution in [1.82, 2.24) is 19.4 Å². The lowest BCUT2D eigenvalue weighted by Gasteiger charge is -2.36. The Morgan fingerprint density at radius 3 is 2.52 bits per heavy atom. The molecule has 1 saturated carbocycles. The third kappa shape index (κ3) is 3.73. The second-order valence-electron chi connectivity index (χ2n) is 8.52. The third-order valence-corrected chi connectivity index (χ3v) is 7.58. The summed E-state index contributed by atoms with van der Waals surface area (Å²) in [6.45, 7) is 6.69. The van der Waals surface area contributed by atoms with Crippen LogP contribution < -0.4 is 10.5 Å². The summed E-state index contributed by atoms with van der Waals surface area (Å²) in [5, 5.41) is 1.61. The third-order valence-electron chi connectivity index (χ3n) is 6.52. The molecule has 3 heterocycles. The predicted octanol–water partition coefficient (Wildman–Crippen LogP) is 3.55. The van der Waals surface area contributed by atoms with Gasteiger partial charge in [0.2, 0.25) is 0 Å². The molecule has 162 valence electrons. The van der Waals surface area contributed by atoms with E-state index >= 15 is 0 Å². The maximum atomic E-state index is 12.9. The fourth-order valence-electron chi connectivity index (χ4n) is 4.80. The number of anilines is 1. The number of hydrogen-bond donors (Lipinski definition) is 0. The fraction of sp³-hybridized carbons (Fsp3) is 0.478. The lowest BCUT2D eigenvalue weighted by Crippen LogP contribution is -2.48. The lowest BCUT2D eigenvalue weighted by atomic mass is 10.1. The Labute approximate surface area is 185 Å². The Morgan fingerprint density at radius 2 is 1.84 bits per heavy atom. The predicted molar refractivity (Wildman–Crippen MR) is 123 cm³/mol. The zero-order valence-electron chi connectivity index (χ0n) is 18.0. The summed E-state index contributed by atoms with van der Waals surface area (Å²) in [4.78, 5) is 39.7. The number of piperazine rings is 1. The quantitative estimate of drug-likeness (QED) is 0.627. The Balaban J connectivity index is 1.31. The second kappa shape index (κ2) is 8.07. The molecule has 2 aromatic heterocycles. The van der Waals surface area contributed by atoms with Crippen molar-refractivity contribution in [2.24, 2.45) is 0 Å². The molecule has 31 heavy (non-hydrogen) atoms. The van der Waals surface area contributed by atoms with Gasteiger partial charge >= 0.3 is 0 Å². The monoisotopic (exact) mass is 437 g/mol. The Morgan fingerprint density at radius 1 is 1.10 bits per heavy atom. The van der Waals surface area contributed by atoms with Crippen LogP contribution in [0.1, 0.15) is 52.1 Å². The van der Waals surface area contributed by atoms with Gasteiger partial charge in [-0.05, 0) is 44.9 Å². The number of carbonyl (C=O) groups excluding carboxylic acids is 1. The van der Waals surface area contributed by atoms with E-state index in [1.54, 1.807) is 6.33 Å². The molecule has 1 amide bonds. The van der Waals surface area contributed by atoms with Crippen LogP contribution in [0.4, 0.5) is 5.69 Å². The van der Waals surface area contributed by atoms with Crippen LogP contribution in [-0.2, 0) is 0 Å². The average molecular weight is 438 g/mol. The van der Waals surface area contributed by atoms with Crippen molar-refractivity contribution in [2.45, 2.75) is 45.6 Å².